The van der Waals surface area contributed by atoms with E-state index in [4.69, 9.17) is 5.26 Å². The lowest BCUT2D eigenvalue weighted by Gasteiger charge is -2.14. The van der Waals surface area contributed by atoms with Crippen LogP contribution in [0.5, 0.6) is 0 Å². The van der Waals surface area contributed by atoms with E-state index in [1.165, 1.54) is 0 Å². The maximum absolute atomic E-state index is 9.70. The van der Waals surface area contributed by atoms with E-state index in [9.17, 15) is 5.26 Å². The molecule has 0 saturated heterocycles. The third-order valence-electron chi connectivity index (χ3n) is 4.09. The lowest BCUT2D eigenvalue weighted by atomic mass is 9.94. The van der Waals surface area contributed by atoms with Gasteiger partial charge in [0.25, 0.3) is 0 Å². The minimum absolute atomic E-state index is 0.419. The molecule has 3 aromatic rings. The van der Waals surface area contributed by atoms with Gasteiger partial charge in [-0.05, 0) is 49.2 Å². The average molecular weight is 339 g/mol. The first kappa shape index (κ1) is 17.1. The highest BCUT2D eigenvalue weighted by molar-refractivity contribution is 5.55. The molecule has 1 unspecified atom stereocenters. The van der Waals surface area contributed by atoms with E-state index < -0.39 is 5.92 Å². The first-order chi connectivity index (χ1) is 12.6. The molecule has 0 fully saturated rings. The predicted molar refractivity (Wildman–Crippen MR) is 99.8 cm³/mol. The fraction of sp³-hybridized carbons (Fsp3) is 0.143. The summed E-state index contributed by atoms with van der Waals surface area (Å²) in [6.07, 6.45) is 1.72. The number of anilines is 2. The van der Waals surface area contributed by atoms with Gasteiger partial charge in [0, 0.05) is 11.9 Å². The van der Waals surface area contributed by atoms with Crippen molar-refractivity contribution in [1.82, 2.24) is 9.97 Å². The number of hydrogen-bond donors (Lipinski definition) is 1. The molecule has 0 saturated carbocycles. The monoisotopic (exact) mass is 339 g/mol. The van der Waals surface area contributed by atoms with Crippen LogP contribution in [0.4, 0.5) is 11.6 Å². The van der Waals surface area contributed by atoms with Gasteiger partial charge in [0.2, 0.25) is 5.95 Å². The first-order valence-electron chi connectivity index (χ1n) is 8.17. The van der Waals surface area contributed by atoms with Crippen molar-refractivity contribution in [1.29, 1.82) is 10.5 Å². The second kappa shape index (κ2) is 7.46. The van der Waals surface area contributed by atoms with Gasteiger partial charge >= 0.3 is 0 Å². The summed E-state index contributed by atoms with van der Waals surface area (Å²) in [6, 6.07) is 19.4. The zero-order valence-electron chi connectivity index (χ0n) is 14.6. The SMILES string of the molecule is Cc1ccc(C(C#N)c2nc(Nc3ccc(C#N)cc3)ncc2C)cc1. The minimum Gasteiger partial charge on any atom is -0.324 e. The molecular formula is C21H17N5. The maximum Gasteiger partial charge on any atom is 0.227 e. The molecule has 1 atom stereocenters. The molecule has 0 aliphatic heterocycles. The van der Waals surface area contributed by atoms with E-state index >= 15 is 0 Å². The van der Waals surface area contributed by atoms with Crippen molar-refractivity contribution in [3.63, 3.8) is 0 Å². The fourth-order valence-electron chi connectivity index (χ4n) is 2.62. The Kier molecular flexibility index (Phi) is 4.92. The quantitative estimate of drug-likeness (QED) is 0.763. The van der Waals surface area contributed by atoms with Crippen LogP contribution in [0.15, 0.2) is 54.7 Å². The van der Waals surface area contributed by atoms with Gasteiger partial charge in [-0.1, -0.05) is 29.8 Å². The topological polar surface area (TPSA) is 85.4 Å². The summed E-state index contributed by atoms with van der Waals surface area (Å²) >= 11 is 0. The number of hydrogen-bond acceptors (Lipinski definition) is 5. The highest BCUT2D eigenvalue weighted by atomic mass is 15.1. The number of benzene rings is 2. The number of nitriles is 2. The molecule has 0 aliphatic carbocycles. The van der Waals surface area contributed by atoms with Crippen molar-refractivity contribution in [2.75, 3.05) is 5.32 Å². The van der Waals surface area contributed by atoms with Crippen LogP contribution in [-0.2, 0) is 0 Å². The van der Waals surface area contributed by atoms with Crippen molar-refractivity contribution in [2.45, 2.75) is 19.8 Å². The summed E-state index contributed by atoms with van der Waals surface area (Å²) in [5.74, 6) is -0.0391. The van der Waals surface area contributed by atoms with E-state index in [2.05, 4.69) is 27.4 Å². The number of aryl methyl sites for hydroxylation is 2. The summed E-state index contributed by atoms with van der Waals surface area (Å²) < 4.78 is 0. The number of aromatic nitrogens is 2. The van der Waals surface area contributed by atoms with Crippen LogP contribution in [0.3, 0.4) is 0 Å². The Morgan fingerprint density at radius 1 is 0.962 bits per heavy atom. The zero-order valence-corrected chi connectivity index (χ0v) is 14.6. The lowest BCUT2D eigenvalue weighted by Crippen LogP contribution is -2.07. The molecule has 1 aromatic heterocycles. The van der Waals surface area contributed by atoms with Crippen LogP contribution in [-0.4, -0.2) is 9.97 Å². The maximum atomic E-state index is 9.70. The lowest BCUT2D eigenvalue weighted by molar-refractivity contribution is 0.925. The Morgan fingerprint density at radius 3 is 2.27 bits per heavy atom. The molecule has 1 N–H and O–H groups in total. The molecule has 0 amide bonds. The Morgan fingerprint density at radius 2 is 1.65 bits per heavy atom. The molecule has 0 aliphatic rings. The predicted octanol–water partition coefficient (Wildman–Crippen LogP) is 4.36. The van der Waals surface area contributed by atoms with Crippen LogP contribution in [0.25, 0.3) is 0 Å². The second-order valence-corrected chi connectivity index (χ2v) is 6.05. The van der Waals surface area contributed by atoms with Gasteiger partial charge in [0.1, 0.15) is 5.92 Å². The van der Waals surface area contributed by atoms with Crippen molar-refractivity contribution >= 4 is 11.6 Å². The Bertz CT molecular complexity index is 993. The standard InChI is InChI=1S/C21H17N5/c1-14-3-7-17(8-4-14)19(12-23)20-15(2)13-24-21(26-20)25-18-9-5-16(11-22)6-10-18/h3-10,13,19H,1-2H3,(H,24,25,26). The normalized spacial score (nSPS) is 11.2. The number of nitrogens with one attached hydrogen (secondary N) is 1. The van der Waals surface area contributed by atoms with Crippen LogP contribution in [0.1, 0.15) is 33.9 Å². The van der Waals surface area contributed by atoms with Crippen molar-refractivity contribution in [2.24, 2.45) is 0 Å². The smallest absolute Gasteiger partial charge is 0.227 e. The summed E-state index contributed by atoms with van der Waals surface area (Å²) in [5.41, 5.74) is 4.97. The summed E-state index contributed by atoms with van der Waals surface area (Å²) in [5, 5.41) is 21.7. The van der Waals surface area contributed by atoms with Gasteiger partial charge in [-0.3, -0.25) is 0 Å². The third kappa shape index (κ3) is 3.68. The van der Waals surface area contributed by atoms with Crippen LogP contribution in [0, 0.1) is 36.5 Å². The molecule has 5 nitrogen and oxygen atoms in total. The van der Waals surface area contributed by atoms with Gasteiger partial charge in [0.05, 0.1) is 23.4 Å². The number of rotatable bonds is 4. The molecule has 2 aromatic carbocycles. The molecule has 126 valence electrons. The summed E-state index contributed by atoms with van der Waals surface area (Å²) in [6.45, 7) is 3.92. The molecule has 0 bridgehead atoms. The Balaban J connectivity index is 1.92. The van der Waals surface area contributed by atoms with E-state index in [1.54, 1.807) is 30.5 Å². The molecule has 26 heavy (non-hydrogen) atoms. The minimum atomic E-state index is -0.458. The highest BCUT2D eigenvalue weighted by Gasteiger charge is 2.18. The van der Waals surface area contributed by atoms with E-state index in [0.29, 0.717) is 17.2 Å². The second-order valence-electron chi connectivity index (χ2n) is 6.05. The van der Waals surface area contributed by atoms with Gasteiger partial charge in [-0.2, -0.15) is 10.5 Å². The molecule has 3 rings (SSSR count). The van der Waals surface area contributed by atoms with Gasteiger partial charge in [-0.15, -0.1) is 0 Å². The Labute approximate surface area is 152 Å². The fourth-order valence-corrected chi connectivity index (χ4v) is 2.62. The van der Waals surface area contributed by atoms with Gasteiger partial charge in [-0.25, -0.2) is 9.97 Å². The zero-order chi connectivity index (χ0) is 18.5. The number of nitrogens with zero attached hydrogens (tertiary/aromatic N) is 4. The molecule has 1 heterocycles. The summed E-state index contributed by atoms with van der Waals surface area (Å²) in [7, 11) is 0. The largest absolute Gasteiger partial charge is 0.324 e. The van der Waals surface area contributed by atoms with Crippen molar-refractivity contribution in [3.8, 4) is 12.1 Å². The van der Waals surface area contributed by atoms with E-state index in [1.807, 2.05) is 38.1 Å². The van der Waals surface area contributed by atoms with E-state index in [0.717, 1.165) is 22.4 Å². The molecular weight excluding hydrogens is 322 g/mol. The van der Waals surface area contributed by atoms with Crippen LogP contribution >= 0.6 is 0 Å². The van der Waals surface area contributed by atoms with Crippen LogP contribution in [0.2, 0.25) is 0 Å². The van der Waals surface area contributed by atoms with Gasteiger partial charge in [0.15, 0.2) is 0 Å². The van der Waals surface area contributed by atoms with Crippen molar-refractivity contribution < 1.29 is 0 Å². The molecule has 5 heteroatoms. The van der Waals surface area contributed by atoms with Crippen molar-refractivity contribution in [3.05, 3.63) is 82.7 Å². The summed E-state index contributed by atoms with van der Waals surface area (Å²) in [4.78, 5) is 8.88. The highest BCUT2D eigenvalue weighted by Crippen LogP contribution is 2.26. The van der Waals surface area contributed by atoms with Crippen LogP contribution < -0.4 is 5.32 Å². The molecule has 0 radical (unpaired) electrons. The van der Waals surface area contributed by atoms with E-state index in [-0.39, 0.29) is 0 Å². The first-order valence-corrected chi connectivity index (χ1v) is 8.17. The third-order valence-corrected chi connectivity index (χ3v) is 4.09. The average Bonchev–Trinajstić information content (AvgIpc) is 2.67. The van der Waals surface area contributed by atoms with Gasteiger partial charge < -0.3 is 5.32 Å². The Hall–Kier alpha value is -3.70. The molecule has 0 spiro atoms.